The van der Waals surface area contributed by atoms with Crippen LogP contribution < -0.4 is 5.32 Å². The van der Waals surface area contributed by atoms with E-state index in [9.17, 15) is 9.59 Å². The van der Waals surface area contributed by atoms with Crippen molar-refractivity contribution in [3.05, 3.63) is 35.4 Å². The Labute approximate surface area is 99.6 Å². The molecule has 2 N–H and O–H groups in total. The Balaban J connectivity index is 2.21. The van der Waals surface area contributed by atoms with E-state index in [1.165, 1.54) is 6.07 Å². The normalized spacial score (nSPS) is 17.0. The van der Waals surface area contributed by atoms with Gasteiger partial charge in [0.1, 0.15) is 0 Å². The van der Waals surface area contributed by atoms with Crippen molar-refractivity contribution in [2.45, 2.75) is 31.7 Å². The number of hydrogen-bond acceptors (Lipinski definition) is 2. The molecule has 0 heterocycles. The second kappa shape index (κ2) is 4.20. The van der Waals surface area contributed by atoms with Gasteiger partial charge in [0, 0.05) is 5.54 Å². The molecular weight excluding hydrogens is 218 g/mol. The Morgan fingerprint density at radius 2 is 1.82 bits per heavy atom. The van der Waals surface area contributed by atoms with Crippen molar-refractivity contribution in [1.82, 2.24) is 5.32 Å². The molecule has 0 bridgehead atoms. The van der Waals surface area contributed by atoms with E-state index in [2.05, 4.69) is 5.32 Å². The van der Waals surface area contributed by atoms with Crippen LogP contribution in [0.2, 0.25) is 0 Å². The molecule has 1 amide bonds. The van der Waals surface area contributed by atoms with E-state index >= 15 is 0 Å². The summed E-state index contributed by atoms with van der Waals surface area (Å²) in [6.07, 6.45) is 3.01. The first kappa shape index (κ1) is 11.6. The number of amides is 1. The number of benzene rings is 1. The molecule has 0 aliphatic heterocycles. The number of hydrogen-bond donors (Lipinski definition) is 2. The monoisotopic (exact) mass is 233 g/mol. The first-order valence-corrected chi connectivity index (χ1v) is 5.67. The number of carboxylic acid groups (broad SMARTS) is 1. The lowest BCUT2D eigenvalue weighted by Gasteiger charge is -2.39. The maximum absolute atomic E-state index is 12.0. The summed E-state index contributed by atoms with van der Waals surface area (Å²) in [7, 11) is 0. The van der Waals surface area contributed by atoms with Crippen LogP contribution in [-0.4, -0.2) is 22.5 Å². The fourth-order valence-corrected chi connectivity index (χ4v) is 2.04. The van der Waals surface area contributed by atoms with Crippen molar-refractivity contribution in [1.29, 1.82) is 0 Å². The van der Waals surface area contributed by atoms with Crippen LogP contribution in [0, 0.1) is 0 Å². The van der Waals surface area contributed by atoms with Crippen LogP contribution in [0.25, 0.3) is 0 Å². The zero-order valence-electron chi connectivity index (χ0n) is 9.69. The third-order valence-electron chi connectivity index (χ3n) is 3.27. The fraction of sp³-hybridized carbons (Fsp3) is 0.385. The minimum absolute atomic E-state index is 0.0490. The molecule has 1 fully saturated rings. The van der Waals surface area contributed by atoms with Gasteiger partial charge in [-0.2, -0.15) is 0 Å². The molecule has 2 rings (SSSR count). The van der Waals surface area contributed by atoms with E-state index in [4.69, 9.17) is 5.11 Å². The largest absolute Gasteiger partial charge is 0.478 e. The van der Waals surface area contributed by atoms with Gasteiger partial charge >= 0.3 is 5.97 Å². The molecule has 0 saturated heterocycles. The highest BCUT2D eigenvalue weighted by Crippen LogP contribution is 2.31. The number of aromatic carboxylic acids is 1. The zero-order chi connectivity index (χ0) is 12.5. The molecule has 0 aromatic heterocycles. The van der Waals surface area contributed by atoms with Crippen LogP contribution in [0.4, 0.5) is 0 Å². The van der Waals surface area contributed by atoms with E-state index in [-0.39, 0.29) is 22.6 Å². The summed E-state index contributed by atoms with van der Waals surface area (Å²) in [6.45, 7) is 1.98. The predicted octanol–water partition coefficient (Wildman–Crippen LogP) is 2.06. The van der Waals surface area contributed by atoms with Crippen LogP contribution in [0.5, 0.6) is 0 Å². The summed E-state index contributed by atoms with van der Waals surface area (Å²) < 4.78 is 0. The SMILES string of the molecule is CC1(NC(=O)c2ccccc2C(=O)O)CCC1. The lowest BCUT2D eigenvalue weighted by Crippen LogP contribution is -2.51. The van der Waals surface area contributed by atoms with E-state index < -0.39 is 5.97 Å². The lowest BCUT2D eigenvalue weighted by molar-refractivity contribution is 0.0686. The van der Waals surface area contributed by atoms with E-state index in [0.29, 0.717) is 0 Å². The minimum atomic E-state index is -1.07. The van der Waals surface area contributed by atoms with Crippen LogP contribution in [-0.2, 0) is 0 Å². The van der Waals surface area contributed by atoms with Crippen molar-refractivity contribution >= 4 is 11.9 Å². The molecule has 1 aromatic rings. The molecule has 1 aromatic carbocycles. The summed E-state index contributed by atoms with van der Waals surface area (Å²) in [5.74, 6) is -1.38. The van der Waals surface area contributed by atoms with Gasteiger partial charge in [-0.25, -0.2) is 4.79 Å². The number of rotatable bonds is 3. The summed E-state index contributed by atoms with van der Waals surface area (Å²) in [5, 5.41) is 11.9. The standard InChI is InChI=1S/C13H15NO3/c1-13(7-4-8-13)14-11(15)9-5-2-3-6-10(9)12(16)17/h2-3,5-6H,4,7-8H2,1H3,(H,14,15)(H,16,17). The van der Waals surface area contributed by atoms with Gasteiger partial charge in [0.25, 0.3) is 5.91 Å². The first-order chi connectivity index (χ1) is 8.02. The Kier molecular flexibility index (Phi) is 2.88. The number of carbonyl (C=O) groups excluding carboxylic acids is 1. The number of carboxylic acids is 1. The highest BCUT2D eigenvalue weighted by molar-refractivity contribution is 6.05. The molecule has 4 heteroatoms. The van der Waals surface area contributed by atoms with Gasteiger partial charge in [0.2, 0.25) is 0 Å². The maximum atomic E-state index is 12.0. The van der Waals surface area contributed by atoms with Gasteiger partial charge in [-0.3, -0.25) is 4.79 Å². The van der Waals surface area contributed by atoms with E-state index in [0.717, 1.165) is 19.3 Å². The Hall–Kier alpha value is -1.84. The maximum Gasteiger partial charge on any atom is 0.336 e. The average Bonchev–Trinajstić information content (AvgIpc) is 2.26. The Bertz CT molecular complexity index is 463. The van der Waals surface area contributed by atoms with Crippen LogP contribution in [0.3, 0.4) is 0 Å². The average molecular weight is 233 g/mol. The molecule has 1 aliphatic rings. The number of nitrogens with one attached hydrogen (secondary N) is 1. The van der Waals surface area contributed by atoms with Crippen molar-refractivity contribution in [2.24, 2.45) is 0 Å². The van der Waals surface area contributed by atoms with Crippen LogP contribution in [0.1, 0.15) is 46.9 Å². The summed E-state index contributed by atoms with van der Waals surface area (Å²) in [6, 6.07) is 6.27. The van der Waals surface area contributed by atoms with Gasteiger partial charge in [-0.15, -0.1) is 0 Å². The zero-order valence-corrected chi connectivity index (χ0v) is 9.69. The van der Waals surface area contributed by atoms with Gasteiger partial charge < -0.3 is 10.4 Å². The topological polar surface area (TPSA) is 66.4 Å². The third kappa shape index (κ3) is 2.30. The van der Waals surface area contributed by atoms with Gasteiger partial charge in [0.05, 0.1) is 11.1 Å². The smallest absolute Gasteiger partial charge is 0.336 e. The molecule has 90 valence electrons. The van der Waals surface area contributed by atoms with Crippen molar-refractivity contribution in [2.75, 3.05) is 0 Å². The van der Waals surface area contributed by atoms with Crippen molar-refractivity contribution in [3.8, 4) is 0 Å². The second-order valence-electron chi connectivity index (χ2n) is 4.72. The van der Waals surface area contributed by atoms with Gasteiger partial charge in [-0.05, 0) is 38.3 Å². The van der Waals surface area contributed by atoms with Gasteiger partial charge in [-0.1, -0.05) is 12.1 Å². The molecule has 0 radical (unpaired) electrons. The highest BCUT2D eigenvalue weighted by Gasteiger charge is 2.34. The fourth-order valence-electron chi connectivity index (χ4n) is 2.04. The highest BCUT2D eigenvalue weighted by atomic mass is 16.4. The van der Waals surface area contributed by atoms with Crippen LogP contribution >= 0.6 is 0 Å². The molecular formula is C13H15NO3. The number of carbonyl (C=O) groups is 2. The molecule has 1 aliphatic carbocycles. The minimum Gasteiger partial charge on any atom is -0.478 e. The Morgan fingerprint density at radius 3 is 2.29 bits per heavy atom. The molecule has 0 atom stereocenters. The first-order valence-electron chi connectivity index (χ1n) is 5.67. The molecule has 1 saturated carbocycles. The summed E-state index contributed by atoms with van der Waals surface area (Å²) >= 11 is 0. The molecule has 17 heavy (non-hydrogen) atoms. The second-order valence-corrected chi connectivity index (χ2v) is 4.72. The lowest BCUT2D eigenvalue weighted by atomic mass is 9.78. The molecule has 0 spiro atoms. The summed E-state index contributed by atoms with van der Waals surface area (Å²) in [5.41, 5.74) is 0.115. The van der Waals surface area contributed by atoms with Crippen molar-refractivity contribution in [3.63, 3.8) is 0 Å². The predicted molar refractivity (Wildman–Crippen MR) is 63.1 cm³/mol. The third-order valence-corrected chi connectivity index (χ3v) is 3.27. The quantitative estimate of drug-likeness (QED) is 0.839. The van der Waals surface area contributed by atoms with Crippen LogP contribution in [0.15, 0.2) is 24.3 Å². The summed E-state index contributed by atoms with van der Waals surface area (Å²) in [4.78, 5) is 23.0. The molecule has 4 nitrogen and oxygen atoms in total. The van der Waals surface area contributed by atoms with E-state index in [1.807, 2.05) is 6.92 Å². The Morgan fingerprint density at radius 1 is 1.24 bits per heavy atom. The van der Waals surface area contributed by atoms with Gasteiger partial charge in [0.15, 0.2) is 0 Å². The molecule has 0 unspecified atom stereocenters. The van der Waals surface area contributed by atoms with Crippen molar-refractivity contribution < 1.29 is 14.7 Å². The van der Waals surface area contributed by atoms with E-state index in [1.54, 1.807) is 18.2 Å².